The predicted octanol–water partition coefficient (Wildman–Crippen LogP) is 9.91. The van der Waals surface area contributed by atoms with Gasteiger partial charge in [-0.1, -0.05) is 107 Å². The summed E-state index contributed by atoms with van der Waals surface area (Å²) in [4.78, 5) is 16.4. The number of benzene rings is 2. The summed E-state index contributed by atoms with van der Waals surface area (Å²) in [6.07, 6.45) is 2.48. The second kappa shape index (κ2) is 13.4. The van der Waals surface area contributed by atoms with Crippen LogP contribution in [-0.2, 0) is 30.3 Å². The van der Waals surface area contributed by atoms with Crippen LogP contribution >= 0.6 is 0 Å². The summed E-state index contributed by atoms with van der Waals surface area (Å²) in [6, 6.07) is 18.9. The minimum Gasteiger partial charge on any atom is -0.512 e. The molecule has 3 nitrogen and oxygen atoms in total. The van der Waals surface area contributed by atoms with Gasteiger partial charge in [-0.25, -0.2) is 0 Å². The monoisotopic (exact) mass is 707 g/mol. The Hall–Kier alpha value is -2.29. The van der Waals surface area contributed by atoms with Gasteiger partial charge in [0.25, 0.3) is 0 Å². The first-order valence-electron chi connectivity index (χ1n) is 13.7. The normalized spacial score (nSPS) is 13.3. The Bertz CT molecular complexity index is 1300. The van der Waals surface area contributed by atoms with E-state index in [1.165, 1.54) is 22.6 Å². The molecule has 215 valence electrons. The van der Waals surface area contributed by atoms with Gasteiger partial charge in [0.2, 0.25) is 0 Å². The molecule has 1 aromatic heterocycles. The number of aliphatic hydroxyl groups excluding tert-OH is 1. The Morgan fingerprint density at radius 3 is 2.05 bits per heavy atom. The summed E-state index contributed by atoms with van der Waals surface area (Å²) in [5, 5.41) is 10.8. The molecule has 3 aromatic rings. The van der Waals surface area contributed by atoms with Crippen LogP contribution in [0.5, 0.6) is 0 Å². The van der Waals surface area contributed by atoms with E-state index in [0.717, 1.165) is 28.8 Å². The smallest absolute Gasteiger partial charge is 0.164 e. The Balaban J connectivity index is 0.000000466. The maximum Gasteiger partial charge on any atom is 0.164 e. The van der Waals surface area contributed by atoms with Gasteiger partial charge >= 0.3 is 0 Å². The number of hydrogen-bond donors (Lipinski definition) is 1. The zero-order valence-corrected chi connectivity index (χ0v) is 28.4. The molecule has 0 amide bonds. The Morgan fingerprint density at radius 2 is 1.54 bits per heavy atom. The molecule has 0 bridgehead atoms. The molecule has 2 aromatic carbocycles. The number of hydrogen-bond acceptors (Lipinski definition) is 3. The van der Waals surface area contributed by atoms with Crippen molar-refractivity contribution in [2.24, 2.45) is 10.8 Å². The minimum absolute atomic E-state index is 0. The van der Waals surface area contributed by atoms with E-state index in [1.54, 1.807) is 0 Å². The van der Waals surface area contributed by atoms with E-state index in [2.05, 4.69) is 90.1 Å². The number of carbonyl (C=O) groups excluding carboxylic acids is 1. The third kappa shape index (κ3) is 10.00. The minimum atomic E-state index is -0.417. The molecule has 0 fully saturated rings. The SMILES string of the molecule is CC(C)(C)C(=O)/C=C(\O)C(C)(C)C.CCC(C)c1ccc2ccc(-c3[c-]c(C)cc(C(C)(C)C)c3)nc2c1.[Ir]. The fourth-order valence-corrected chi connectivity index (χ4v) is 3.67. The summed E-state index contributed by atoms with van der Waals surface area (Å²) in [5.41, 5.74) is 6.37. The van der Waals surface area contributed by atoms with Gasteiger partial charge in [-0.15, -0.1) is 34.9 Å². The molecule has 0 saturated heterocycles. The quantitative estimate of drug-likeness (QED) is 0.167. The summed E-state index contributed by atoms with van der Waals surface area (Å²) in [7, 11) is 0. The van der Waals surface area contributed by atoms with Crippen LogP contribution in [0.2, 0.25) is 0 Å². The zero-order chi connectivity index (χ0) is 29.1. The molecule has 1 heterocycles. The van der Waals surface area contributed by atoms with Crippen molar-refractivity contribution in [3.8, 4) is 11.3 Å². The maximum absolute atomic E-state index is 11.5. The van der Waals surface area contributed by atoms with Gasteiger partial charge in [0, 0.05) is 37.0 Å². The van der Waals surface area contributed by atoms with Gasteiger partial charge in [-0.2, -0.15) is 0 Å². The third-order valence-corrected chi connectivity index (χ3v) is 6.82. The van der Waals surface area contributed by atoms with Crippen molar-refractivity contribution in [2.75, 3.05) is 0 Å². The first-order chi connectivity index (χ1) is 17.3. The Morgan fingerprint density at radius 1 is 0.949 bits per heavy atom. The fourth-order valence-electron chi connectivity index (χ4n) is 3.67. The number of fused-ring (bicyclic) bond motifs is 1. The standard InChI is InChI=1S/C24H28N.C11H20O2.Ir/c1-7-17(3)19-9-8-18-10-11-22(25-23(18)15-19)20-12-16(2)13-21(14-20)24(4,5)6;1-10(2,3)8(12)7-9(13)11(4,5)6;/h8-11,13-15,17H,7H2,1-6H3;7,12H,1-6H3;/q-1;;/b;8-7-;. The summed E-state index contributed by atoms with van der Waals surface area (Å²) in [5.74, 6) is 0.667. The van der Waals surface area contributed by atoms with E-state index in [0.29, 0.717) is 5.92 Å². The number of aryl methyl sites for hydroxylation is 1. The number of pyridine rings is 1. The van der Waals surface area contributed by atoms with Crippen molar-refractivity contribution in [3.05, 3.63) is 77.1 Å². The van der Waals surface area contributed by atoms with Crippen molar-refractivity contribution in [1.29, 1.82) is 0 Å². The number of aromatic nitrogens is 1. The van der Waals surface area contributed by atoms with Crippen molar-refractivity contribution < 1.29 is 30.0 Å². The number of rotatable bonds is 4. The number of carbonyl (C=O) groups is 1. The Labute approximate surface area is 250 Å². The van der Waals surface area contributed by atoms with Crippen molar-refractivity contribution in [2.45, 2.75) is 101 Å². The van der Waals surface area contributed by atoms with E-state index in [9.17, 15) is 9.90 Å². The molecule has 1 atom stereocenters. The molecule has 0 aliphatic carbocycles. The van der Waals surface area contributed by atoms with Gasteiger partial charge in [0.05, 0.1) is 5.52 Å². The van der Waals surface area contributed by atoms with E-state index in [-0.39, 0.29) is 42.5 Å². The van der Waals surface area contributed by atoms with E-state index in [4.69, 9.17) is 4.98 Å². The molecule has 1 radical (unpaired) electrons. The van der Waals surface area contributed by atoms with Gasteiger partial charge in [-0.3, -0.25) is 9.78 Å². The topological polar surface area (TPSA) is 50.2 Å². The third-order valence-electron chi connectivity index (χ3n) is 6.82. The summed E-state index contributed by atoms with van der Waals surface area (Å²) in [6.45, 7) is 24.5. The number of nitrogens with zero attached hydrogens (tertiary/aromatic N) is 1. The summed E-state index contributed by atoms with van der Waals surface area (Å²) < 4.78 is 0. The van der Waals surface area contributed by atoms with Gasteiger partial charge < -0.3 is 5.11 Å². The summed E-state index contributed by atoms with van der Waals surface area (Å²) >= 11 is 0. The van der Waals surface area contributed by atoms with E-state index >= 15 is 0 Å². The van der Waals surface area contributed by atoms with Crippen LogP contribution < -0.4 is 0 Å². The maximum atomic E-state index is 11.5. The first-order valence-corrected chi connectivity index (χ1v) is 13.7. The number of ketones is 1. The number of allylic oxidation sites excluding steroid dienone is 2. The molecule has 1 unspecified atom stereocenters. The second-order valence-electron chi connectivity index (χ2n) is 13.6. The van der Waals surface area contributed by atoms with E-state index in [1.807, 2.05) is 41.5 Å². The molecule has 0 saturated carbocycles. The fraction of sp³-hybridized carbons (Fsp3) is 0.486. The molecule has 0 aliphatic rings. The van der Waals surface area contributed by atoms with Crippen LogP contribution in [0, 0.1) is 23.8 Å². The largest absolute Gasteiger partial charge is 0.512 e. The molecule has 0 aliphatic heterocycles. The van der Waals surface area contributed by atoms with Crippen LogP contribution in [0.1, 0.15) is 105 Å². The molecule has 3 rings (SSSR count). The molecular weight excluding hydrogens is 659 g/mol. The molecule has 4 heteroatoms. The van der Waals surface area contributed by atoms with Crippen LogP contribution in [0.4, 0.5) is 0 Å². The van der Waals surface area contributed by atoms with E-state index < -0.39 is 5.41 Å². The van der Waals surface area contributed by atoms with Crippen LogP contribution in [0.15, 0.2) is 54.3 Å². The van der Waals surface area contributed by atoms with Crippen LogP contribution in [0.3, 0.4) is 0 Å². The average molecular weight is 707 g/mol. The van der Waals surface area contributed by atoms with Crippen LogP contribution in [0.25, 0.3) is 22.2 Å². The van der Waals surface area contributed by atoms with Gasteiger partial charge in [0.1, 0.15) is 5.76 Å². The van der Waals surface area contributed by atoms with Gasteiger partial charge in [-0.05, 0) is 40.5 Å². The van der Waals surface area contributed by atoms with Crippen molar-refractivity contribution in [3.63, 3.8) is 0 Å². The molecule has 1 N–H and O–H groups in total. The first kappa shape index (κ1) is 34.7. The number of aliphatic hydroxyl groups is 1. The molecule has 39 heavy (non-hydrogen) atoms. The predicted molar refractivity (Wildman–Crippen MR) is 163 cm³/mol. The van der Waals surface area contributed by atoms with Gasteiger partial charge in [0.15, 0.2) is 5.78 Å². The second-order valence-corrected chi connectivity index (χ2v) is 13.6. The zero-order valence-electron chi connectivity index (χ0n) is 26.0. The average Bonchev–Trinajstić information content (AvgIpc) is 2.81. The van der Waals surface area contributed by atoms with Crippen molar-refractivity contribution >= 4 is 16.7 Å². The van der Waals surface area contributed by atoms with Crippen LogP contribution in [-0.4, -0.2) is 15.9 Å². The molecule has 0 spiro atoms. The Kier molecular flexibility index (Phi) is 11.9. The molecular formula is C35H48IrNO2-. The van der Waals surface area contributed by atoms with Crippen molar-refractivity contribution in [1.82, 2.24) is 4.98 Å².